The van der Waals surface area contributed by atoms with Crippen molar-refractivity contribution in [1.82, 2.24) is 25.0 Å². The summed E-state index contributed by atoms with van der Waals surface area (Å²) in [6, 6.07) is 13.8. The summed E-state index contributed by atoms with van der Waals surface area (Å²) in [4.78, 5) is 80.3. The lowest BCUT2D eigenvalue weighted by molar-refractivity contribution is -0.138. The molecule has 2 aromatic carbocycles. The number of rotatable bonds is 9. The molecule has 0 radical (unpaired) electrons. The first-order chi connectivity index (χ1) is 29.3. The molecule has 9 rings (SSSR count). The van der Waals surface area contributed by atoms with Gasteiger partial charge in [0, 0.05) is 108 Å². The topological polar surface area (TPSA) is 166 Å². The number of fused-ring (bicyclic) bond motifs is 1. The fourth-order valence-electron chi connectivity index (χ4n) is 9.46. The lowest BCUT2D eigenvalue weighted by atomic mass is 9.95. The number of imide groups is 2. The molecule has 0 spiro atoms. The van der Waals surface area contributed by atoms with E-state index in [4.69, 9.17) is 5.26 Å². The van der Waals surface area contributed by atoms with E-state index in [1.807, 2.05) is 17.0 Å². The van der Waals surface area contributed by atoms with Gasteiger partial charge in [-0.05, 0) is 67.8 Å². The van der Waals surface area contributed by atoms with Crippen molar-refractivity contribution in [2.75, 3.05) is 92.0 Å². The zero-order valence-electron chi connectivity index (χ0n) is 33.4. The molecule has 5 fully saturated rings. The summed E-state index contributed by atoms with van der Waals surface area (Å²) < 4.78 is 40.4. The van der Waals surface area contributed by atoms with Gasteiger partial charge in [0.15, 0.2) is 0 Å². The van der Waals surface area contributed by atoms with Crippen molar-refractivity contribution < 1.29 is 37.1 Å². The number of nitriles is 1. The van der Waals surface area contributed by atoms with E-state index >= 15 is 0 Å². The standard InChI is InChI=1S/C43H45F3N10O5/c44-43(45,46)35-18-30(2-1-28(35)19-47)52-11-9-27(10-12-52)39(58)49-37-7-4-31(20-48-37)54-22-26(23-54)21-51-13-15-53(16-14-51)32-24-55(25-32)29-3-5-33-34(17-29)42(61)56(41(33)60)36-6-8-38(57)50-40(36)59/h1-5,7,17-18,20,26-27,32,36H,6,8-16,21-25H2,(H,48,49,58)(H,50,57,59). The molecule has 5 amide bonds. The minimum absolute atomic E-state index is 0.0819. The fourth-order valence-corrected chi connectivity index (χ4v) is 9.46. The third kappa shape index (κ3) is 7.99. The van der Waals surface area contributed by atoms with Crippen LogP contribution in [-0.4, -0.2) is 133 Å². The average Bonchev–Trinajstić information content (AvgIpc) is 3.46. The monoisotopic (exact) mass is 838 g/mol. The van der Waals surface area contributed by atoms with Gasteiger partial charge < -0.3 is 24.9 Å². The molecule has 15 nitrogen and oxygen atoms in total. The molecule has 18 heteroatoms. The average molecular weight is 839 g/mol. The number of aromatic nitrogens is 1. The largest absolute Gasteiger partial charge is 0.417 e. The highest BCUT2D eigenvalue weighted by molar-refractivity contribution is 6.23. The van der Waals surface area contributed by atoms with E-state index < -0.39 is 47.0 Å². The summed E-state index contributed by atoms with van der Waals surface area (Å²) in [7, 11) is 0. The number of alkyl halides is 3. The van der Waals surface area contributed by atoms with Gasteiger partial charge in [-0.3, -0.25) is 39.1 Å². The van der Waals surface area contributed by atoms with Crippen LogP contribution in [0.25, 0.3) is 0 Å². The number of halogens is 3. The number of hydrogen-bond acceptors (Lipinski definition) is 12. The molecular weight excluding hydrogens is 794 g/mol. The van der Waals surface area contributed by atoms with Crippen molar-refractivity contribution in [2.24, 2.45) is 11.8 Å². The number of piperazine rings is 1. The van der Waals surface area contributed by atoms with E-state index in [0.29, 0.717) is 55.0 Å². The summed E-state index contributed by atoms with van der Waals surface area (Å²) in [5.74, 6) is -1.47. The normalized spacial score (nSPS) is 22.2. The molecule has 318 valence electrons. The first-order valence-electron chi connectivity index (χ1n) is 20.8. The number of anilines is 4. The molecule has 61 heavy (non-hydrogen) atoms. The smallest absolute Gasteiger partial charge is 0.371 e. The predicted molar refractivity (Wildman–Crippen MR) is 217 cm³/mol. The molecule has 0 bridgehead atoms. The SMILES string of the molecule is N#Cc1ccc(N2CCC(C(=O)Nc3ccc(N4CC(CN5CCN(C6CN(c7ccc8c(c7)C(=O)N(C7CCC(=O)NC7=O)C8=O)C6)CC5)C4)cn3)CC2)cc1C(F)(F)F. The first kappa shape index (κ1) is 40.4. The Kier molecular flexibility index (Phi) is 10.6. The zero-order chi connectivity index (χ0) is 42.6. The molecule has 1 atom stereocenters. The Morgan fingerprint density at radius 2 is 1.48 bits per heavy atom. The fraction of sp³-hybridized carbons (Fsp3) is 0.465. The number of piperidine rings is 2. The van der Waals surface area contributed by atoms with E-state index in [0.717, 1.165) is 81.2 Å². The lowest BCUT2D eigenvalue weighted by Gasteiger charge is -2.50. The van der Waals surface area contributed by atoms with Gasteiger partial charge in [-0.25, -0.2) is 4.98 Å². The third-order valence-corrected chi connectivity index (χ3v) is 13.1. The van der Waals surface area contributed by atoms with E-state index in [2.05, 4.69) is 35.2 Å². The minimum Gasteiger partial charge on any atom is -0.371 e. The van der Waals surface area contributed by atoms with Crippen LogP contribution in [0.2, 0.25) is 0 Å². The minimum atomic E-state index is -4.63. The number of nitrogens with one attached hydrogen (secondary N) is 2. The van der Waals surface area contributed by atoms with Crippen LogP contribution in [0.5, 0.6) is 0 Å². The van der Waals surface area contributed by atoms with Crippen molar-refractivity contribution in [2.45, 2.75) is 43.9 Å². The van der Waals surface area contributed by atoms with Crippen LogP contribution in [0.4, 0.5) is 36.1 Å². The number of carbonyl (C=O) groups is 5. The number of nitrogens with zero attached hydrogens (tertiary/aromatic N) is 8. The summed E-state index contributed by atoms with van der Waals surface area (Å²) in [5.41, 5.74) is 1.46. The van der Waals surface area contributed by atoms with Crippen molar-refractivity contribution in [3.8, 4) is 6.07 Å². The molecule has 3 aromatic rings. The number of benzene rings is 2. The highest BCUT2D eigenvalue weighted by Gasteiger charge is 2.45. The quantitative estimate of drug-likeness (QED) is 0.303. The molecule has 0 saturated carbocycles. The van der Waals surface area contributed by atoms with Crippen LogP contribution in [0.1, 0.15) is 57.5 Å². The van der Waals surface area contributed by atoms with Crippen molar-refractivity contribution in [1.29, 1.82) is 5.26 Å². The third-order valence-electron chi connectivity index (χ3n) is 13.1. The maximum atomic E-state index is 13.5. The van der Waals surface area contributed by atoms with Crippen molar-refractivity contribution >= 4 is 52.4 Å². The Labute approximate surface area is 350 Å². The Hall–Kier alpha value is -6.06. The van der Waals surface area contributed by atoms with Gasteiger partial charge in [0.1, 0.15) is 11.9 Å². The number of carbonyl (C=O) groups excluding carboxylic acids is 5. The van der Waals surface area contributed by atoms with Crippen LogP contribution >= 0.6 is 0 Å². The van der Waals surface area contributed by atoms with Crippen molar-refractivity contribution in [3.63, 3.8) is 0 Å². The molecule has 1 aromatic heterocycles. The summed E-state index contributed by atoms with van der Waals surface area (Å²) in [6.07, 6.45) is -1.68. The molecule has 5 saturated heterocycles. The molecule has 1 unspecified atom stereocenters. The Morgan fingerprint density at radius 1 is 0.803 bits per heavy atom. The Morgan fingerprint density at radius 3 is 2.15 bits per heavy atom. The van der Waals surface area contributed by atoms with Crippen molar-refractivity contribution in [3.05, 3.63) is 77.0 Å². The zero-order valence-corrected chi connectivity index (χ0v) is 33.4. The van der Waals surface area contributed by atoms with E-state index in [9.17, 15) is 37.1 Å². The summed E-state index contributed by atoms with van der Waals surface area (Å²) in [5, 5.41) is 14.2. The molecule has 2 N–H and O–H groups in total. The van der Waals surface area contributed by atoms with E-state index in [-0.39, 0.29) is 30.2 Å². The second-order valence-corrected chi connectivity index (χ2v) is 16.8. The molecule has 6 aliphatic heterocycles. The lowest BCUT2D eigenvalue weighted by Crippen LogP contribution is -2.64. The second kappa shape index (κ2) is 16.1. The summed E-state index contributed by atoms with van der Waals surface area (Å²) in [6.45, 7) is 9.28. The highest BCUT2D eigenvalue weighted by atomic mass is 19.4. The molecule has 0 aliphatic carbocycles. The maximum Gasteiger partial charge on any atom is 0.417 e. The van der Waals surface area contributed by atoms with Gasteiger partial charge >= 0.3 is 6.18 Å². The van der Waals surface area contributed by atoms with Gasteiger partial charge in [0.2, 0.25) is 17.7 Å². The molecule has 7 heterocycles. The van der Waals surface area contributed by atoms with E-state index in [1.54, 1.807) is 30.5 Å². The Bertz CT molecular complexity index is 2290. The van der Waals surface area contributed by atoms with Gasteiger partial charge in [-0.15, -0.1) is 0 Å². The Balaban J connectivity index is 0.677. The molecule has 6 aliphatic rings. The van der Waals surface area contributed by atoms with Gasteiger partial charge in [0.25, 0.3) is 11.8 Å². The van der Waals surface area contributed by atoms with Crippen LogP contribution in [0.15, 0.2) is 54.7 Å². The van der Waals surface area contributed by atoms with Crippen LogP contribution in [-0.2, 0) is 20.6 Å². The van der Waals surface area contributed by atoms with Crippen LogP contribution in [0.3, 0.4) is 0 Å². The number of amides is 5. The predicted octanol–water partition coefficient (Wildman–Crippen LogP) is 3.17. The second-order valence-electron chi connectivity index (χ2n) is 16.8. The van der Waals surface area contributed by atoms with Gasteiger partial charge in [-0.2, -0.15) is 18.4 Å². The van der Waals surface area contributed by atoms with Gasteiger partial charge in [-0.1, -0.05) is 0 Å². The van der Waals surface area contributed by atoms with Crippen LogP contribution in [0, 0.1) is 23.2 Å². The van der Waals surface area contributed by atoms with E-state index in [1.165, 1.54) is 12.1 Å². The highest BCUT2D eigenvalue weighted by Crippen LogP contribution is 2.36. The first-order valence-corrected chi connectivity index (χ1v) is 20.8. The summed E-state index contributed by atoms with van der Waals surface area (Å²) >= 11 is 0. The van der Waals surface area contributed by atoms with Gasteiger partial charge in [0.05, 0.1) is 40.2 Å². The maximum absolute atomic E-state index is 13.5. The number of hydrogen-bond donors (Lipinski definition) is 2. The number of pyridine rings is 1. The van der Waals surface area contributed by atoms with Crippen LogP contribution < -0.4 is 25.3 Å². The molecular formula is C43H45F3N10O5.